The third-order valence-corrected chi connectivity index (χ3v) is 5.60. The maximum absolute atomic E-state index is 13.4. The first-order valence-electron chi connectivity index (χ1n) is 10.6. The van der Waals surface area contributed by atoms with Crippen molar-refractivity contribution in [2.75, 3.05) is 63.3 Å². The van der Waals surface area contributed by atoms with Crippen LogP contribution in [0.15, 0.2) is 24.3 Å². The van der Waals surface area contributed by atoms with Crippen LogP contribution < -0.4 is 15.1 Å². The van der Waals surface area contributed by atoms with Gasteiger partial charge in [-0.2, -0.15) is 4.98 Å². The van der Waals surface area contributed by atoms with Gasteiger partial charge in [0.2, 0.25) is 12.4 Å². The lowest BCUT2D eigenvalue weighted by Crippen LogP contribution is -2.34. The number of imidazole rings is 1. The van der Waals surface area contributed by atoms with Gasteiger partial charge in [-0.05, 0) is 31.0 Å². The number of alkyl halides is 1. The molecule has 1 aliphatic rings. The second-order valence-corrected chi connectivity index (χ2v) is 7.82. The number of benzene rings is 1. The number of aromatic nitrogens is 2. The summed E-state index contributed by atoms with van der Waals surface area (Å²) in [6, 6.07) is 7.98. The zero-order valence-electron chi connectivity index (χ0n) is 18.5. The molecular formula is C22H31FN6O2. The molecule has 0 saturated carbocycles. The van der Waals surface area contributed by atoms with Gasteiger partial charge in [0.05, 0.1) is 6.54 Å². The molecule has 8 nitrogen and oxygen atoms in total. The van der Waals surface area contributed by atoms with E-state index in [0.29, 0.717) is 24.6 Å². The van der Waals surface area contributed by atoms with Gasteiger partial charge in [0.15, 0.2) is 11.5 Å². The molecule has 1 fully saturated rings. The van der Waals surface area contributed by atoms with Crippen LogP contribution in [-0.4, -0.2) is 80.3 Å². The highest BCUT2D eigenvalue weighted by molar-refractivity contribution is 6.00. The average molecular weight is 431 g/mol. The molecule has 1 aliphatic heterocycles. The fourth-order valence-corrected chi connectivity index (χ4v) is 3.74. The predicted molar refractivity (Wildman–Crippen MR) is 120 cm³/mol. The van der Waals surface area contributed by atoms with Crippen LogP contribution in [-0.2, 0) is 11.3 Å². The molecule has 1 aromatic heterocycles. The summed E-state index contributed by atoms with van der Waals surface area (Å²) < 4.78 is 14.9. The number of carbonyl (C=O) groups excluding carboxylic acids is 2. The Morgan fingerprint density at radius 1 is 1.26 bits per heavy atom. The summed E-state index contributed by atoms with van der Waals surface area (Å²) in [6.45, 7) is 5.04. The molecule has 1 saturated heterocycles. The predicted octanol–water partition coefficient (Wildman–Crippen LogP) is 1.67. The highest BCUT2D eigenvalue weighted by atomic mass is 19.1. The van der Waals surface area contributed by atoms with Gasteiger partial charge in [-0.3, -0.25) is 14.2 Å². The van der Waals surface area contributed by atoms with E-state index in [1.807, 2.05) is 35.8 Å². The van der Waals surface area contributed by atoms with Gasteiger partial charge in [-0.1, -0.05) is 24.3 Å². The Kier molecular flexibility index (Phi) is 7.62. The minimum absolute atomic E-state index is 0.0262. The first kappa shape index (κ1) is 22.7. The number of hydrogen-bond acceptors (Lipinski definition) is 5. The molecule has 2 heterocycles. The summed E-state index contributed by atoms with van der Waals surface area (Å²) in [4.78, 5) is 34.5. The topological polar surface area (TPSA) is 73.7 Å². The molecule has 168 valence electrons. The van der Waals surface area contributed by atoms with Crippen LogP contribution in [0.2, 0.25) is 0 Å². The van der Waals surface area contributed by atoms with E-state index in [1.165, 1.54) is 9.80 Å². The number of nitrogens with one attached hydrogen (secondary N) is 1. The summed E-state index contributed by atoms with van der Waals surface area (Å²) in [7, 11) is 3.14. The molecule has 0 spiro atoms. The first-order valence-corrected chi connectivity index (χ1v) is 10.6. The second kappa shape index (κ2) is 10.4. The smallest absolute Gasteiger partial charge is 0.274 e. The largest absolute Gasteiger partial charge is 0.341 e. The van der Waals surface area contributed by atoms with E-state index in [-0.39, 0.29) is 18.3 Å². The lowest BCUT2D eigenvalue weighted by Gasteiger charge is -2.24. The molecule has 9 heteroatoms. The Labute approximate surface area is 182 Å². The third-order valence-electron chi connectivity index (χ3n) is 5.60. The SMILES string of the molecule is Cc1ccccc1Cn1c(N2CCCNCC2)nc(N(C)C=O)c1C(=O)N(C)CCF. The van der Waals surface area contributed by atoms with Gasteiger partial charge in [-0.15, -0.1) is 0 Å². The van der Waals surface area contributed by atoms with Crippen molar-refractivity contribution >= 4 is 24.1 Å². The van der Waals surface area contributed by atoms with E-state index < -0.39 is 6.67 Å². The second-order valence-electron chi connectivity index (χ2n) is 7.82. The number of carbonyl (C=O) groups is 2. The molecule has 0 aliphatic carbocycles. The van der Waals surface area contributed by atoms with Crippen LogP contribution in [0.4, 0.5) is 16.2 Å². The Bertz CT molecular complexity index is 907. The van der Waals surface area contributed by atoms with E-state index in [0.717, 1.165) is 43.7 Å². The van der Waals surface area contributed by atoms with Gasteiger partial charge in [0.25, 0.3) is 5.91 Å². The molecule has 0 atom stereocenters. The molecule has 1 N–H and O–H groups in total. The van der Waals surface area contributed by atoms with Crippen molar-refractivity contribution in [1.29, 1.82) is 0 Å². The monoisotopic (exact) mass is 430 g/mol. The molecular weight excluding hydrogens is 399 g/mol. The van der Waals surface area contributed by atoms with Gasteiger partial charge in [0.1, 0.15) is 6.67 Å². The normalized spacial score (nSPS) is 14.3. The zero-order valence-corrected chi connectivity index (χ0v) is 18.5. The van der Waals surface area contributed by atoms with Crippen LogP contribution in [0.25, 0.3) is 0 Å². The highest BCUT2D eigenvalue weighted by Gasteiger charge is 2.30. The van der Waals surface area contributed by atoms with Crippen LogP contribution in [0, 0.1) is 6.92 Å². The molecule has 1 aromatic carbocycles. The van der Waals surface area contributed by atoms with Gasteiger partial charge >= 0.3 is 0 Å². The Hall–Kier alpha value is -2.94. The van der Waals surface area contributed by atoms with Gasteiger partial charge < -0.3 is 20.0 Å². The van der Waals surface area contributed by atoms with Crippen LogP contribution in [0.5, 0.6) is 0 Å². The summed E-state index contributed by atoms with van der Waals surface area (Å²) in [5.41, 5.74) is 2.44. The van der Waals surface area contributed by atoms with Crippen molar-refractivity contribution in [3.8, 4) is 0 Å². The van der Waals surface area contributed by atoms with Gasteiger partial charge in [-0.25, -0.2) is 4.39 Å². The minimum Gasteiger partial charge on any atom is -0.341 e. The Morgan fingerprint density at radius 2 is 2.03 bits per heavy atom. The summed E-state index contributed by atoms with van der Waals surface area (Å²) >= 11 is 0. The van der Waals surface area contributed by atoms with Crippen molar-refractivity contribution < 1.29 is 14.0 Å². The molecule has 31 heavy (non-hydrogen) atoms. The van der Waals surface area contributed by atoms with Crippen molar-refractivity contribution in [2.45, 2.75) is 19.9 Å². The minimum atomic E-state index is -0.641. The fraction of sp³-hybridized carbons (Fsp3) is 0.500. The van der Waals surface area contributed by atoms with Crippen LogP contribution >= 0.6 is 0 Å². The van der Waals surface area contributed by atoms with E-state index in [1.54, 1.807) is 14.1 Å². The number of aryl methyl sites for hydroxylation is 1. The van der Waals surface area contributed by atoms with E-state index in [9.17, 15) is 14.0 Å². The number of anilines is 2. The number of hydrogen-bond donors (Lipinski definition) is 1. The fourth-order valence-electron chi connectivity index (χ4n) is 3.74. The van der Waals surface area contributed by atoms with Crippen LogP contribution in [0.1, 0.15) is 28.0 Å². The van der Waals surface area contributed by atoms with Crippen molar-refractivity contribution in [1.82, 2.24) is 19.8 Å². The standard InChI is InChI=1S/C22H31FN6O2/c1-17-7-4-5-8-18(17)15-29-19(21(31)26(2)13-9-23)20(27(3)16-30)25-22(29)28-12-6-10-24-11-14-28/h4-5,7-8,16,24H,6,9-15H2,1-3H3. The van der Waals surface area contributed by atoms with E-state index in [4.69, 9.17) is 4.98 Å². The number of amides is 2. The summed E-state index contributed by atoms with van der Waals surface area (Å²) in [5, 5.41) is 3.38. The first-order chi connectivity index (χ1) is 15.0. The average Bonchev–Trinajstić information content (AvgIpc) is 2.94. The number of halogens is 1. The highest BCUT2D eigenvalue weighted by Crippen LogP contribution is 2.29. The number of rotatable bonds is 8. The van der Waals surface area contributed by atoms with Crippen molar-refractivity contribution in [3.63, 3.8) is 0 Å². The Balaban J connectivity index is 2.17. The zero-order chi connectivity index (χ0) is 22.4. The molecule has 0 unspecified atom stereocenters. The third kappa shape index (κ3) is 5.04. The molecule has 3 rings (SSSR count). The van der Waals surface area contributed by atoms with Crippen molar-refractivity contribution in [2.24, 2.45) is 0 Å². The van der Waals surface area contributed by atoms with Crippen LogP contribution in [0.3, 0.4) is 0 Å². The maximum atomic E-state index is 13.4. The molecule has 0 radical (unpaired) electrons. The molecule has 2 amide bonds. The summed E-state index contributed by atoms with van der Waals surface area (Å²) in [6.07, 6.45) is 1.58. The van der Waals surface area contributed by atoms with E-state index in [2.05, 4.69) is 10.2 Å². The lowest BCUT2D eigenvalue weighted by molar-refractivity contribution is -0.107. The summed E-state index contributed by atoms with van der Waals surface area (Å²) in [5.74, 6) is 0.570. The van der Waals surface area contributed by atoms with Gasteiger partial charge in [0, 0.05) is 40.3 Å². The molecule has 0 bridgehead atoms. The quantitative estimate of drug-likeness (QED) is 0.645. The Morgan fingerprint density at radius 3 is 2.74 bits per heavy atom. The van der Waals surface area contributed by atoms with Crippen molar-refractivity contribution in [3.05, 3.63) is 41.1 Å². The lowest BCUT2D eigenvalue weighted by atomic mass is 10.1. The van der Waals surface area contributed by atoms with E-state index >= 15 is 0 Å². The number of nitrogens with zero attached hydrogens (tertiary/aromatic N) is 5. The maximum Gasteiger partial charge on any atom is 0.274 e. The molecule has 2 aromatic rings.